The SMILES string of the molecule is CCn1nnc2cc(C(=O)NCCCCN(C)c3ccccc3)ccc21. The Morgan fingerprint density at radius 1 is 1.15 bits per heavy atom. The number of anilines is 1. The van der Waals surface area contributed by atoms with Crippen LogP contribution in [0.2, 0.25) is 0 Å². The predicted molar refractivity (Wildman–Crippen MR) is 104 cm³/mol. The summed E-state index contributed by atoms with van der Waals surface area (Å²) < 4.78 is 1.82. The van der Waals surface area contributed by atoms with Crippen molar-refractivity contribution in [1.29, 1.82) is 0 Å². The molecule has 1 heterocycles. The Morgan fingerprint density at radius 2 is 1.96 bits per heavy atom. The maximum Gasteiger partial charge on any atom is 0.251 e. The molecule has 0 unspecified atom stereocenters. The summed E-state index contributed by atoms with van der Waals surface area (Å²) in [5.74, 6) is -0.0608. The van der Waals surface area contributed by atoms with Crippen LogP contribution in [0, 0.1) is 0 Å². The molecule has 3 rings (SSSR count). The summed E-state index contributed by atoms with van der Waals surface area (Å²) in [6.45, 7) is 4.41. The Hall–Kier alpha value is -2.89. The van der Waals surface area contributed by atoms with Gasteiger partial charge in [-0.2, -0.15) is 0 Å². The minimum absolute atomic E-state index is 0.0608. The Labute approximate surface area is 153 Å². The van der Waals surface area contributed by atoms with E-state index in [2.05, 4.69) is 39.7 Å². The van der Waals surface area contributed by atoms with Gasteiger partial charge in [0.15, 0.2) is 0 Å². The quantitative estimate of drug-likeness (QED) is 0.634. The largest absolute Gasteiger partial charge is 0.375 e. The number of unbranched alkanes of at least 4 members (excludes halogenated alkanes) is 1. The molecule has 6 heteroatoms. The third-order valence-corrected chi connectivity index (χ3v) is 4.48. The van der Waals surface area contributed by atoms with E-state index in [1.165, 1.54) is 5.69 Å². The molecule has 0 atom stereocenters. The van der Waals surface area contributed by atoms with E-state index < -0.39 is 0 Å². The number of hydrogen-bond donors (Lipinski definition) is 1. The fourth-order valence-electron chi connectivity index (χ4n) is 2.94. The number of amides is 1. The van der Waals surface area contributed by atoms with Gasteiger partial charge in [-0.25, -0.2) is 4.68 Å². The molecule has 1 N–H and O–H groups in total. The van der Waals surface area contributed by atoms with Crippen molar-refractivity contribution in [1.82, 2.24) is 20.3 Å². The number of benzene rings is 2. The first-order valence-electron chi connectivity index (χ1n) is 9.06. The van der Waals surface area contributed by atoms with E-state index in [9.17, 15) is 4.79 Å². The third kappa shape index (κ3) is 4.20. The Kier molecular flexibility index (Phi) is 5.84. The molecule has 6 nitrogen and oxygen atoms in total. The zero-order valence-electron chi connectivity index (χ0n) is 15.4. The molecular weight excluding hydrogens is 326 g/mol. The predicted octanol–water partition coefficient (Wildman–Crippen LogP) is 3.10. The average Bonchev–Trinajstić information content (AvgIpc) is 3.10. The van der Waals surface area contributed by atoms with Crippen LogP contribution in [-0.2, 0) is 6.54 Å². The molecule has 0 aliphatic rings. The minimum Gasteiger partial charge on any atom is -0.375 e. The van der Waals surface area contributed by atoms with Crippen molar-refractivity contribution in [3.05, 3.63) is 54.1 Å². The topological polar surface area (TPSA) is 63.1 Å². The smallest absolute Gasteiger partial charge is 0.251 e. The van der Waals surface area contributed by atoms with Crippen molar-refractivity contribution in [2.45, 2.75) is 26.3 Å². The summed E-state index contributed by atoms with van der Waals surface area (Å²) in [6.07, 6.45) is 1.96. The molecule has 1 amide bonds. The molecule has 1 aromatic heterocycles. The van der Waals surface area contributed by atoms with Crippen molar-refractivity contribution in [2.24, 2.45) is 0 Å². The van der Waals surface area contributed by atoms with Crippen LogP contribution in [-0.4, -0.2) is 41.0 Å². The van der Waals surface area contributed by atoms with E-state index in [1.54, 1.807) is 6.07 Å². The van der Waals surface area contributed by atoms with Crippen molar-refractivity contribution < 1.29 is 4.79 Å². The van der Waals surface area contributed by atoms with Crippen LogP contribution in [0.25, 0.3) is 11.0 Å². The summed E-state index contributed by atoms with van der Waals surface area (Å²) in [5, 5.41) is 11.2. The first kappa shape index (κ1) is 17.9. The number of para-hydroxylation sites is 1. The lowest BCUT2D eigenvalue weighted by molar-refractivity contribution is 0.0953. The highest BCUT2D eigenvalue weighted by Crippen LogP contribution is 2.14. The zero-order chi connectivity index (χ0) is 18.4. The lowest BCUT2D eigenvalue weighted by atomic mass is 10.2. The molecule has 0 radical (unpaired) electrons. The number of aromatic nitrogens is 3. The molecule has 2 aromatic carbocycles. The van der Waals surface area contributed by atoms with Gasteiger partial charge in [0.2, 0.25) is 0 Å². The van der Waals surface area contributed by atoms with Crippen LogP contribution < -0.4 is 10.2 Å². The van der Waals surface area contributed by atoms with E-state index in [0.29, 0.717) is 12.1 Å². The van der Waals surface area contributed by atoms with Crippen LogP contribution >= 0.6 is 0 Å². The van der Waals surface area contributed by atoms with Crippen molar-refractivity contribution in [2.75, 3.05) is 25.0 Å². The van der Waals surface area contributed by atoms with Gasteiger partial charge < -0.3 is 10.2 Å². The van der Waals surface area contributed by atoms with E-state index in [0.717, 1.165) is 37.0 Å². The van der Waals surface area contributed by atoms with E-state index in [1.807, 2.05) is 41.9 Å². The van der Waals surface area contributed by atoms with Crippen LogP contribution in [0.15, 0.2) is 48.5 Å². The van der Waals surface area contributed by atoms with Crippen molar-refractivity contribution in [3.8, 4) is 0 Å². The number of aryl methyl sites for hydroxylation is 1. The highest BCUT2D eigenvalue weighted by molar-refractivity contribution is 5.97. The Morgan fingerprint density at radius 3 is 2.73 bits per heavy atom. The van der Waals surface area contributed by atoms with E-state index >= 15 is 0 Å². The maximum absolute atomic E-state index is 12.3. The molecule has 0 bridgehead atoms. The molecule has 0 fully saturated rings. The first-order chi connectivity index (χ1) is 12.7. The van der Waals surface area contributed by atoms with Gasteiger partial charge in [0.25, 0.3) is 5.91 Å². The fourth-order valence-corrected chi connectivity index (χ4v) is 2.94. The molecule has 26 heavy (non-hydrogen) atoms. The maximum atomic E-state index is 12.3. The van der Waals surface area contributed by atoms with Gasteiger partial charge in [0.05, 0.1) is 5.52 Å². The fraction of sp³-hybridized carbons (Fsp3) is 0.350. The second kappa shape index (κ2) is 8.47. The van der Waals surface area contributed by atoms with Gasteiger partial charge in [-0.3, -0.25) is 4.79 Å². The summed E-state index contributed by atoms with van der Waals surface area (Å²) in [7, 11) is 2.09. The van der Waals surface area contributed by atoms with Crippen molar-refractivity contribution >= 4 is 22.6 Å². The molecule has 3 aromatic rings. The highest BCUT2D eigenvalue weighted by atomic mass is 16.1. The standard InChI is InChI=1S/C20H25N5O/c1-3-25-19-12-11-16(15-18(19)22-23-25)20(26)21-13-7-8-14-24(2)17-9-5-4-6-10-17/h4-6,9-12,15H,3,7-8,13-14H2,1-2H3,(H,21,26). The Bertz CT molecular complexity index is 859. The summed E-state index contributed by atoms with van der Waals surface area (Å²) >= 11 is 0. The molecule has 0 aliphatic carbocycles. The molecule has 0 spiro atoms. The van der Waals surface area contributed by atoms with Crippen molar-refractivity contribution in [3.63, 3.8) is 0 Å². The van der Waals surface area contributed by atoms with Crippen LogP contribution in [0.4, 0.5) is 5.69 Å². The Balaban J connectivity index is 1.44. The number of carbonyl (C=O) groups excluding carboxylic acids is 1. The van der Waals surface area contributed by atoms with E-state index in [-0.39, 0.29) is 5.91 Å². The number of nitrogens with zero attached hydrogens (tertiary/aromatic N) is 4. The molecular formula is C20H25N5O. The van der Waals surface area contributed by atoms with Gasteiger partial charge >= 0.3 is 0 Å². The van der Waals surface area contributed by atoms with Crippen LogP contribution in [0.1, 0.15) is 30.1 Å². The van der Waals surface area contributed by atoms with Crippen LogP contribution in [0.5, 0.6) is 0 Å². The van der Waals surface area contributed by atoms with Gasteiger partial charge in [-0.15, -0.1) is 5.10 Å². The molecule has 0 aliphatic heterocycles. The van der Waals surface area contributed by atoms with Crippen LogP contribution in [0.3, 0.4) is 0 Å². The van der Waals surface area contributed by atoms with Gasteiger partial charge in [0.1, 0.15) is 5.52 Å². The van der Waals surface area contributed by atoms with Gasteiger partial charge in [-0.05, 0) is 50.1 Å². The number of rotatable bonds is 8. The molecule has 0 saturated heterocycles. The number of nitrogens with one attached hydrogen (secondary N) is 1. The first-order valence-corrected chi connectivity index (χ1v) is 9.06. The number of fused-ring (bicyclic) bond motifs is 1. The lowest BCUT2D eigenvalue weighted by Gasteiger charge is -2.19. The third-order valence-electron chi connectivity index (χ3n) is 4.48. The molecule has 0 saturated carbocycles. The normalized spacial score (nSPS) is 10.8. The average molecular weight is 351 g/mol. The highest BCUT2D eigenvalue weighted by Gasteiger charge is 2.09. The molecule has 136 valence electrons. The minimum atomic E-state index is -0.0608. The number of carbonyl (C=O) groups is 1. The summed E-state index contributed by atoms with van der Waals surface area (Å²) in [5.41, 5.74) is 3.55. The van der Waals surface area contributed by atoms with E-state index in [4.69, 9.17) is 0 Å². The zero-order valence-corrected chi connectivity index (χ0v) is 15.4. The summed E-state index contributed by atoms with van der Waals surface area (Å²) in [4.78, 5) is 14.5. The lowest BCUT2D eigenvalue weighted by Crippen LogP contribution is -2.25. The monoisotopic (exact) mass is 351 g/mol. The van der Waals surface area contributed by atoms with Gasteiger partial charge in [0, 0.05) is 37.9 Å². The second-order valence-electron chi connectivity index (χ2n) is 6.33. The summed E-state index contributed by atoms with van der Waals surface area (Å²) in [6, 6.07) is 15.8. The number of hydrogen-bond acceptors (Lipinski definition) is 4. The van der Waals surface area contributed by atoms with Gasteiger partial charge in [-0.1, -0.05) is 23.4 Å². The second-order valence-corrected chi connectivity index (χ2v) is 6.33.